The highest BCUT2D eigenvalue weighted by atomic mass is 31.2. The molecule has 18 unspecified atom stereocenters. The smallest absolute Gasteiger partial charge is 0.463 e. The minimum absolute atomic E-state index is 0.0247. The van der Waals surface area contributed by atoms with Crippen molar-refractivity contribution in [3.05, 3.63) is 12.2 Å². The molecule has 18 atom stereocenters. The Balaban J connectivity index is 1.74. The summed E-state index contributed by atoms with van der Waals surface area (Å²) in [6.45, 7) is 3.41. The first-order chi connectivity index (χ1) is 45.3. The molecule has 0 aromatic rings. The lowest BCUT2D eigenvalue weighted by atomic mass is 9.84. The fourth-order valence-corrected chi connectivity index (χ4v) is 13.0. The zero-order valence-corrected chi connectivity index (χ0v) is 58.2. The van der Waals surface area contributed by atoms with Crippen molar-refractivity contribution in [2.45, 2.75) is 382 Å². The van der Waals surface area contributed by atoms with Crippen molar-refractivity contribution in [3.63, 3.8) is 0 Å². The van der Waals surface area contributed by atoms with Gasteiger partial charge < -0.3 is 89.1 Å². The minimum Gasteiger partial charge on any atom is -0.463 e. The quantitative estimate of drug-likeness (QED) is 0.00888. The predicted molar refractivity (Wildman–Crippen MR) is 352 cm³/mol. The van der Waals surface area contributed by atoms with E-state index < -0.39 is 156 Å². The summed E-state index contributed by atoms with van der Waals surface area (Å²) in [5.74, 6) is -1.99. The Hall–Kier alpha value is -2.30. The van der Waals surface area contributed by atoms with E-state index in [4.69, 9.17) is 42.2 Å². The van der Waals surface area contributed by atoms with Crippen molar-refractivity contribution in [2.75, 3.05) is 26.4 Å². The van der Waals surface area contributed by atoms with Gasteiger partial charge in [-0.1, -0.05) is 226 Å². The van der Waals surface area contributed by atoms with Gasteiger partial charge in [-0.25, -0.2) is 4.57 Å². The number of unbranched alkanes of at least 4 members (excludes halogenated alkanes) is 33. The normalized spacial score (nSPS) is 28.3. The lowest BCUT2D eigenvalue weighted by Gasteiger charge is -2.49. The van der Waals surface area contributed by atoms with Crippen molar-refractivity contribution in [1.82, 2.24) is 0 Å². The number of hydrogen-bond donors (Lipinski definition) is 11. The maximum Gasteiger partial charge on any atom is 0.472 e. The second-order valence-electron chi connectivity index (χ2n) is 26.3. The van der Waals surface area contributed by atoms with E-state index in [9.17, 15) is 74.9 Å². The second-order valence-corrected chi connectivity index (χ2v) is 27.7. The highest BCUT2D eigenvalue weighted by Gasteiger charge is 2.58. The summed E-state index contributed by atoms with van der Waals surface area (Å²) in [6, 6.07) is 0. The van der Waals surface area contributed by atoms with Gasteiger partial charge in [0, 0.05) is 19.3 Å². The van der Waals surface area contributed by atoms with Crippen LogP contribution in [0.2, 0.25) is 0 Å². The monoisotopic (exact) mass is 1370 g/mol. The van der Waals surface area contributed by atoms with Gasteiger partial charge in [0.15, 0.2) is 18.7 Å². The predicted octanol–water partition coefficient (Wildman–Crippen LogP) is 9.18. The van der Waals surface area contributed by atoms with Crippen LogP contribution in [0, 0.1) is 0 Å². The summed E-state index contributed by atoms with van der Waals surface area (Å²) in [4.78, 5) is 50.8. The Bertz CT molecular complexity index is 2010. The van der Waals surface area contributed by atoms with Gasteiger partial charge in [-0.15, -0.1) is 0 Å². The minimum atomic E-state index is -5.69. The van der Waals surface area contributed by atoms with Gasteiger partial charge in [-0.2, -0.15) is 0 Å². The Morgan fingerprint density at radius 2 is 0.745 bits per heavy atom. The van der Waals surface area contributed by atoms with E-state index in [0.717, 1.165) is 116 Å². The summed E-state index contributed by atoms with van der Waals surface area (Å²) >= 11 is 0. The Morgan fingerprint density at radius 3 is 1.16 bits per heavy atom. The molecular formula is C69H127O24P. The lowest BCUT2D eigenvalue weighted by Crippen LogP contribution is -2.69. The molecule has 552 valence electrons. The Kier molecular flexibility index (Phi) is 47.3. The van der Waals surface area contributed by atoms with E-state index in [0.29, 0.717) is 19.3 Å². The van der Waals surface area contributed by atoms with Crippen molar-refractivity contribution in [2.24, 2.45) is 0 Å². The zero-order chi connectivity index (χ0) is 68.9. The Morgan fingerprint density at radius 1 is 0.404 bits per heavy atom. The van der Waals surface area contributed by atoms with Crippen LogP contribution < -0.4 is 0 Å². The number of rotatable bonds is 56. The molecule has 2 aliphatic heterocycles. The number of allylic oxidation sites excluding steroid dienone is 2. The van der Waals surface area contributed by atoms with Crippen LogP contribution in [0.3, 0.4) is 0 Å². The van der Waals surface area contributed by atoms with Gasteiger partial charge in [0.1, 0.15) is 98.7 Å². The highest BCUT2D eigenvalue weighted by molar-refractivity contribution is 7.47. The van der Waals surface area contributed by atoms with Crippen LogP contribution in [-0.4, -0.2) is 204 Å². The molecule has 3 rings (SSSR count). The van der Waals surface area contributed by atoms with Gasteiger partial charge in [-0.3, -0.25) is 23.4 Å². The third-order valence-corrected chi connectivity index (χ3v) is 19.0. The standard InChI is InChI=1S/C69H127O24P/c1-4-7-10-13-16-19-22-24-25-27-29-32-35-38-41-44-54(72)86-49-52-57(75)59(77)64(82)69(90-52)92-66-62(80)60(78)61(79)65(91-68-63(81)58(76)56(74)51(46-70)89-68)67(66)93-94(83,84)87-48-50(47-85-53(71)43-40-37-34-31-28-21-18-15-12-9-6-3)88-55(73)45-42-39-36-33-30-26-23-20-17-14-11-8-5-2/h19,22,50-52,56-70,74-82H,4-18,20-21,23-49H2,1-3H3,(H,83,84)/b22-19-. The molecule has 3 fully saturated rings. The molecule has 0 spiro atoms. The van der Waals surface area contributed by atoms with Crippen molar-refractivity contribution >= 4 is 25.7 Å². The van der Waals surface area contributed by atoms with E-state index in [-0.39, 0.29) is 19.3 Å². The number of ether oxygens (including phenoxy) is 7. The van der Waals surface area contributed by atoms with Crippen LogP contribution in [0.5, 0.6) is 0 Å². The van der Waals surface area contributed by atoms with Crippen LogP contribution in [0.15, 0.2) is 12.2 Å². The molecule has 94 heavy (non-hydrogen) atoms. The number of aliphatic hydroxyl groups is 10. The van der Waals surface area contributed by atoms with Crippen LogP contribution in [0.25, 0.3) is 0 Å². The maximum absolute atomic E-state index is 14.3. The molecule has 25 heteroatoms. The largest absolute Gasteiger partial charge is 0.472 e. The van der Waals surface area contributed by atoms with Crippen molar-refractivity contribution in [1.29, 1.82) is 0 Å². The highest BCUT2D eigenvalue weighted by Crippen LogP contribution is 2.49. The van der Waals surface area contributed by atoms with Crippen LogP contribution in [0.4, 0.5) is 0 Å². The van der Waals surface area contributed by atoms with Crippen LogP contribution >= 0.6 is 7.82 Å². The summed E-state index contributed by atoms with van der Waals surface area (Å²) in [6.07, 6.45) is 8.69. The average Bonchev–Trinajstić information content (AvgIpc) is 0.767. The number of esters is 3. The fraction of sp³-hybridized carbons (Fsp3) is 0.928. The molecule has 11 N–H and O–H groups in total. The molecular weight excluding hydrogens is 1240 g/mol. The topological polar surface area (TPSA) is 374 Å². The molecule has 0 bridgehead atoms. The number of carbonyl (C=O) groups excluding carboxylic acids is 3. The number of aliphatic hydroxyl groups excluding tert-OH is 10. The van der Waals surface area contributed by atoms with E-state index in [2.05, 4.69) is 32.9 Å². The van der Waals surface area contributed by atoms with Gasteiger partial charge >= 0.3 is 25.7 Å². The van der Waals surface area contributed by atoms with Crippen LogP contribution in [0.1, 0.15) is 278 Å². The van der Waals surface area contributed by atoms with Gasteiger partial charge in [0.25, 0.3) is 0 Å². The number of hydrogen-bond acceptors (Lipinski definition) is 23. The van der Waals surface area contributed by atoms with Crippen molar-refractivity contribution < 1.29 is 117 Å². The molecule has 3 aliphatic rings. The summed E-state index contributed by atoms with van der Waals surface area (Å²) in [7, 11) is -5.69. The maximum atomic E-state index is 14.3. The summed E-state index contributed by atoms with van der Waals surface area (Å²) in [5, 5.41) is 110. The molecule has 0 aromatic heterocycles. The van der Waals surface area contributed by atoms with Crippen LogP contribution in [-0.2, 0) is 61.2 Å². The number of phosphoric ester groups is 1. The second kappa shape index (κ2) is 51.8. The molecule has 1 aliphatic carbocycles. The lowest BCUT2D eigenvalue weighted by molar-refractivity contribution is -0.360. The first kappa shape index (κ1) is 85.9. The number of phosphoric acid groups is 1. The first-order valence-corrected chi connectivity index (χ1v) is 38.0. The molecule has 2 heterocycles. The molecule has 24 nitrogen and oxygen atoms in total. The summed E-state index contributed by atoms with van der Waals surface area (Å²) in [5.41, 5.74) is 0. The van der Waals surface area contributed by atoms with Gasteiger partial charge in [0.05, 0.1) is 13.2 Å². The van der Waals surface area contributed by atoms with Crippen molar-refractivity contribution in [3.8, 4) is 0 Å². The van der Waals surface area contributed by atoms with Gasteiger partial charge in [-0.05, 0) is 44.9 Å². The van der Waals surface area contributed by atoms with E-state index in [1.54, 1.807) is 0 Å². The van der Waals surface area contributed by atoms with E-state index in [1.807, 2.05) is 0 Å². The molecule has 2 saturated heterocycles. The SMILES string of the molecule is CCCCCC/C=C\CCCCCCCCCC(=O)OCC1OC(OC2C(O)C(O)C(O)C(OC3OC(CO)C(O)C(O)C3O)C2OP(=O)(O)OCC(COC(=O)CCCCCCCCCCCCC)OC(=O)CCCCCCCCCCCCCCC)C(O)C(O)C1O. The molecule has 0 aromatic carbocycles. The Labute approximate surface area is 561 Å². The third kappa shape index (κ3) is 35.1. The third-order valence-electron chi connectivity index (χ3n) is 18.0. The molecule has 1 saturated carbocycles. The van der Waals surface area contributed by atoms with E-state index in [1.165, 1.54) is 103 Å². The number of carbonyl (C=O) groups is 3. The van der Waals surface area contributed by atoms with Gasteiger partial charge in [0.2, 0.25) is 0 Å². The molecule has 0 radical (unpaired) electrons. The van der Waals surface area contributed by atoms with E-state index >= 15 is 0 Å². The fourth-order valence-electron chi connectivity index (χ4n) is 12.0. The zero-order valence-electron chi connectivity index (χ0n) is 57.3. The molecule has 0 amide bonds. The summed E-state index contributed by atoms with van der Waals surface area (Å²) < 4.78 is 64.9. The first-order valence-electron chi connectivity index (χ1n) is 36.5. The average molecular weight is 1370 g/mol.